The van der Waals surface area contributed by atoms with Crippen LogP contribution in [-0.2, 0) is 10.9 Å². The number of rotatable bonds is 4. The molecule has 1 saturated heterocycles. The van der Waals surface area contributed by atoms with Gasteiger partial charge in [-0.2, -0.15) is 13.2 Å². The number of anilines is 1. The maximum absolute atomic E-state index is 12.6. The van der Waals surface area contributed by atoms with Crippen LogP contribution in [0.5, 0.6) is 0 Å². The predicted octanol–water partition coefficient (Wildman–Crippen LogP) is 3.33. The number of aromatic nitrogens is 1. The van der Waals surface area contributed by atoms with Crippen LogP contribution in [-0.4, -0.2) is 24.2 Å². The lowest BCUT2D eigenvalue weighted by Gasteiger charge is -2.18. The fraction of sp³-hybridized carbons (Fsp3) is 0.615. The zero-order valence-corrected chi connectivity index (χ0v) is 10.7. The molecule has 2 unspecified atom stereocenters. The molecule has 1 aliphatic rings. The van der Waals surface area contributed by atoms with Crippen LogP contribution in [0.25, 0.3) is 0 Å². The van der Waals surface area contributed by atoms with E-state index >= 15 is 0 Å². The van der Waals surface area contributed by atoms with E-state index in [0.717, 1.165) is 31.6 Å². The van der Waals surface area contributed by atoms with E-state index in [1.54, 1.807) is 0 Å². The molecule has 19 heavy (non-hydrogen) atoms. The van der Waals surface area contributed by atoms with Gasteiger partial charge in [-0.3, -0.25) is 0 Å². The van der Waals surface area contributed by atoms with Crippen LogP contribution >= 0.6 is 0 Å². The van der Waals surface area contributed by atoms with Gasteiger partial charge in [0.1, 0.15) is 5.82 Å². The third kappa shape index (κ3) is 3.59. The number of nitrogens with zero attached hydrogens (tertiary/aromatic N) is 1. The van der Waals surface area contributed by atoms with Crippen molar-refractivity contribution < 1.29 is 17.9 Å². The van der Waals surface area contributed by atoms with Gasteiger partial charge in [-0.05, 0) is 25.0 Å². The van der Waals surface area contributed by atoms with Gasteiger partial charge in [0.15, 0.2) is 0 Å². The smallest absolute Gasteiger partial charge is 0.378 e. The van der Waals surface area contributed by atoms with Crippen LogP contribution in [0.4, 0.5) is 19.0 Å². The summed E-state index contributed by atoms with van der Waals surface area (Å²) in [6.07, 6.45) is -1.11. The molecule has 1 N–H and O–H groups in total. The summed E-state index contributed by atoms with van der Waals surface area (Å²) in [6, 6.07) is 2.01. The normalized spacial score (nSPS) is 23.6. The van der Waals surface area contributed by atoms with Crippen LogP contribution in [0.3, 0.4) is 0 Å². The lowest BCUT2D eigenvalue weighted by Crippen LogP contribution is -2.23. The molecule has 0 bridgehead atoms. The molecule has 2 rings (SSSR count). The molecule has 3 nitrogen and oxygen atoms in total. The van der Waals surface area contributed by atoms with Crippen molar-refractivity contribution in [1.29, 1.82) is 0 Å². The largest absolute Gasteiger partial charge is 0.416 e. The highest BCUT2D eigenvalue weighted by Crippen LogP contribution is 2.30. The Balaban J connectivity index is 1.96. The van der Waals surface area contributed by atoms with Gasteiger partial charge in [0.25, 0.3) is 0 Å². The molecule has 0 spiro atoms. The molecule has 2 atom stereocenters. The van der Waals surface area contributed by atoms with Gasteiger partial charge in [0.2, 0.25) is 0 Å². The molecule has 0 radical (unpaired) electrons. The summed E-state index contributed by atoms with van der Waals surface area (Å²) < 4.78 is 43.2. The van der Waals surface area contributed by atoms with Crippen LogP contribution in [0.2, 0.25) is 0 Å². The highest BCUT2D eigenvalue weighted by atomic mass is 19.4. The van der Waals surface area contributed by atoms with Crippen molar-refractivity contribution in [2.75, 3.05) is 18.5 Å². The molecule has 0 aromatic carbocycles. The van der Waals surface area contributed by atoms with Crippen LogP contribution in [0.1, 0.15) is 25.3 Å². The Labute approximate surface area is 110 Å². The molecule has 2 heterocycles. The molecule has 1 aromatic heterocycles. The molecular weight excluding hydrogens is 257 g/mol. The molecular formula is C13H17F3N2O. The Kier molecular flexibility index (Phi) is 4.29. The molecule has 0 amide bonds. The second kappa shape index (κ2) is 5.77. The quantitative estimate of drug-likeness (QED) is 0.914. The summed E-state index contributed by atoms with van der Waals surface area (Å²) in [5, 5.41) is 2.97. The van der Waals surface area contributed by atoms with E-state index in [1.165, 1.54) is 6.20 Å². The number of hydrogen-bond acceptors (Lipinski definition) is 3. The summed E-state index contributed by atoms with van der Waals surface area (Å²) in [7, 11) is 0. The number of halogens is 3. The maximum atomic E-state index is 12.6. The van der Waals surface area contributed by atoms with Gasteiger partial charge in [-0.15, -0.1) is 0 Å². The zero-order chi connectivity index (χ0) is 13.9. The maximum Gasteiger partial charge on any atom is 0.416 e. The minimum Gasteiger partial charge on any atom is -0.378 e. The molecule has 1 aromatic rings. The molecule has 106 valence electrons. The minimum atomic E-state index is -4.33. The predicted molar refractivity (Wildman–Crippen MR) is 65.9 cm³/mol. The Morgan fingerprint density at radius 3 is 2.95 bits per heavy atom. The van der Waals surface area contributed by atoms with Crippen molar-refractivity contribution in [1.82, 2.24) is 4.98 Å². The fourth-order valence-corrected chi connectivity index (χ4v) is 2.32. The van der Waals surface area contributed by atoms with Crippen molar-refractivity contribution in [2.24, 2.45) is 5.92 Å². The number of hydrogen-bond donors (Lipinski definition) is 1. The third-order valence-corrected chi connectivity index (χ3v) is 3.38. The number of pyridine rings is 1. The SMILES string of the molecule is CCC1OCCC1CNc1cc(C(F)(F)F)ccn1. The second-order valence-corrected chi connectivity index (χ2v) is 4.67. The third-order valence-electron chi connectivity index (χ3n) is 3.38. The summed E-state index contributed by atoms with van der Waals surface area (Å²) in [5.74, 6) is 0.595. The summed E-state index contributed by atoms with van der Waals surface area (Å²) in [6.45, 7) is 3.36. The first-order chi connectivity index (χ1) is 9.00. The summed E-state index contributed by atoms with van der Waals surface area (Å²) in [4.78, 5) is 3.91. The Morgan fingerprint density at radius 1 is 1.47 bits per heavy atom. The Hall–Kier alpha value is -1.30. The topological polar surface area (TPSA) is 34.1 Å². The van der Waals surface area contributed by atoms with E-state index in [9.17, 15) is 13.2 Å². The average Bonchev–Trinajstić information content (AvgIpc) is 2.83. The number of ether oxygens (including phenoxy) is 1. The highest BCUT2D eigenvalue weighted by molar-refractivity contribution is 5.38. The molecule has 1 aliphatic heterocycles. The standard InChI is InChI=1S/C13H17F3N2O/c1-2-11-9(4-6-19-11)8-18-12-7-10(3-5-17-12)13(14,15)16/h3,5,7,9,11H,2,4,6,8H2,1H3,(H,17,18). The average molecular weight is 274 g/mol. The van der Waals surface area contributed by atoms with Gasteiger partial charge in [-0.1, -0.05) is 6.92 Å². The molecule has 0 aliphatic carbocycles. The van der Waals surface area contributed by atoms with Crippen LogP contribution in [0.15, 0.2) is 18.3 Å². The highest BCUT2D eigenvalue weighted by Gasteiger charge is 2.31. The van der Waals surface area contributed by atoms with E-state index < -0.39 is 11.7 Å². The number of nitrogens with one attached hydrogen (secondary N) is 1. The van der Waals surface area contributed by atoms with Crippen molar-refractivity contribution in [3.8, 4) is 0 Å². The Morgan fingerprint density at radius 2 is 2.26 bits per heavy atom. The van der Waals surface area contributed by atoms with Gasteiger partial charge < -0.3 is 10.1 Å². The zero-order valence-electron chi connectivity index (χ0n) is 10.7. The summed E-state index contributed by atoms with van der Waals surface area (Å²) in [5.41, 5.74) is -0.681. The summed E-state index contributed by atoms with van der Waals surface area (Å²) >= 11 is 0. The van der Waals surface area contributed by atoms with Crippen molar-refractivity contribution in [3.63, 3.8) is 0 Å². The molecule has 0 saturated carbocycles. The van der Waals surface area contributed by atoms with Crippen molar-refractivity contribution in [3.05, 3.63) is 23.9 Å². The first kappa shape index (κ1) is 14.1. The lowest BCUT2D eigenvalue weighted by molar-refractivity contribution is -0.137. The molecule has 1 fully saturated rings. The van der Waals surface area contributed by atoms with E-state index in [0.29, 0.717) is 12.5 Å². The first-order valence-corrected chi connectivity index (χ1v) is 6.39. The van der Waals surface area contributed by atoms with E-state index in [-0.39, 0.29) is 11.9 Å². The fourth-order valence-electron chi connectivity index (χ4n) is 2.32. The van der Waals surface area contributed by atoms with E-state index in [2.05, 4.69) is 10.3 Å². The van der Waals surface area contributed by atoms with Crippen LogP contribution < -0.4 is 5.32 Å². The van der Waals surface area contributed by atoms with Gasteiger partial charge in [0.05, 0.1) is 11.7 Å². The van der Waals surface area contributed by atoms with Crippen LogP contribution in [0, 0.1) is 5.92 Å². The van der Waals surface area contributed by atoms with Gasteiger partial charge in [-0.25, -0.2) is 4.98 Å². The second-order valence-electron chi connectivity index (χ2n) is 4.67. The van der Waals surface area contributed by atoms with E-state index in [1.807, 2.05) is 6.92 Å². The minimum absolute atomic E-state index is 0.193. The van der Waals surface area contributed by atoms with Gasteiger partial charge in [0, 0.05) is 25.3 Å². The Bertz CT molecular complexity index is 423. The van der Waals surface area contributed by atoms with Crippen molar-refractivity contribution in [2.45, 2.75) is 32.0 Å². The number of alkyl halides is 3. The first-order valence-electron chi connectivity index (χ1n) is 6.39. The molecule has 6 heteroatoms. The van der Waals surface area contributed by atoms with Crippen molar-refractivity contribution >= 4 is 5.82 Å². The van der Waals surface area contributed by atoms with Gasteiger partial charge >= 0.3 is 6.18 Å². The monoisotopic (exact) mass is 274 g/mol. The lowest BCUT2D eigenvalue weighted by atomic mass is 10.00. The van der Waals surface area contributed by atoms with E-state index in [4.69, 9.17) is 4.74 Å².